The summed E-state index contributed by atoms with van der Waals surface area (Å²) in [6, 6.07) is 16.8. The van der Waals surface area contributed by atoms with Crippen molar-refractivity contribution in [2.45, 2.75) is 82.6 Å². The van der Waals surface area contributed by atoms with Gasteiger partial charge < -0.3 is 14.7 Å². The second-order valence-electron chi connectivity index (χ2n) is 11.9. The molecule has 8 heteroatoms. The summed E-state index contributed by atoms with van der Waals surface area (Å²) in [5.74, 6) is 0.492. The lowest BCUT2D eigenvalue weighted by Crippen LogP contribution is -2.47. The summed E-state index contributed by atoms with van der Waals surface area (Å²) in [4.78, 5) is 34.7. The minimum absolute atomic E-state index is 0.0607. The Hall–Kier alpha value is -3.23. The maximum Gasteiger partial charge on any atom is 0.410 e. The molecule has 0 spiro atoms. The number of hydrogen-bond donors (Lipinski definition) is 1. The lowest BCUT2D eigenvalue weighted by atomic mass is 9.94. The van der Waals surface area contributed by atoms with Crippen molar-refractivity contribution in [3.05, 3.63) is 87.9 Å². The number of ether oxygens (including phenoxy) is 1. The molecule has 0 unspecified atom stereocenters. The Morgan fingerprint density at radius 3 is 2.35 bits per heavy atom. The van der Waals surface area contributed by atoms with Gasteiger partial charge in [-0.2, -0.15) is 0 Å². The zero-order valence-electron chi connectivity index (χ0n) is 23.5. The number of aliphatic hydroxyl groups is 1. The number of piperidine rings is 1. The average Bonchev–Trinajstić information content (AvgIpc) is 3.63. The number of carbonyl (C=O) groups is 2. The van der Waals surface area contributed by atoms with Crippen molar-refractivity contribution in [1.29, 1.82) is 0 Å². The normalized spacial score (nSPS) is 20.9. The van der Waals surface area contributed by atoms with Gasteiger partial charge in [-0.25, -0.2) is 9.78 Å². The van der Waals surface area contributed by atoms with Gasteiger partial charge in [0, 0.05) is 36.0 Å². The number of aliphatic hydroxyl groups excluding tert-OH is 1. The van der Waals surface area contributed by atoms with E-state index in [2.05, 4.69) is 10.4 Å². The molecular formula is C32H39N3O4S. The second kappa shape index (κ2) is 12.1. The maximum atomic E-state index is 13.4. The van der Waals surface area contributed by atoms with Crippen LogP contribution in [-0.2, 0) is 11.2 Å². The van der Waals surface area contributed by atoms with Gasteiger partial charge in [-0.15, -0.1) is 11.3 Å². The predicted molar refractivity (Wildman–Crippen MR) is 156 cm³/mol. The van der Waals surface area contributed by atoms with Crippen LogP contribution in [0.5, 0.6) is 0 Å². The quantitative estimate of drug-likeness (QED) is 0.387. The van der Waals surface area contributed by atoms with Gasteiger partial charge in [-0.05, 0) is 76.1 Å². The number of amides is 2. The zero-order chi connectivity index (χ0) is 28.3. The van der Waals surface area contributed by atoms with Gasteiger partial charge in [-0.3, -0.25) is 9.69 Å². The lowest BCUT2D eigenvalue weighted by Gasteiger charge is -2.35. The smallest absolute Gasteiger partial charge is 0.410 e. The molecule has 40 heavy (non-hydrogen) atoms. The number of benzene rings is 2. The Kier molecular flexibility index (Phi) is 8.57. The molecule has 7 nitrogen and oxygen atoms in total. The third-order valence-electron chi connectivity index (χ3n) is 7.98. The summed E-state index contributed by atoms with van der Waals surface area (Å²) >= 11 is 1.62. The first-order valence-electron chi connectivity index (χ1n) is 14.2. The van der Waals surface area contributed by atoms with Crippen molar-refractivity contribution in [3.8, 4) is 0 Å². The van der Waals surface area contributed by atoms with Crippen molar-refractivity contribution in [2.24, 2.45) is 0 Å². The van der Waals surface area contributed by atoms with Gasteiger partial charge in [0.15, 0.2) is 0 Å². The predicted octanol–water partition coefficient (Wildman–Crippen LogP) is 6.21. The van der Waals surface area contributed by atoms with E-state index in [-0.39, 0.29) is 18.0 Å². The van der Waals surface area contributed by atoms with Crippen LogP contribution in [0.3, 0.4) is 0 Å². The molecule has 0 saturated carbocycles. The number of nitrogens with zero attached hydrogens (tertiary/aromatic N) is 3. The third kappa shape index (κ3) is 6.56. The van der Waals surface area contributed by atoms with Gasteiger partial charge in [0.05, 0.1) is 23.4 Å². The summed E-state index contributed by atoms with van der Waals surface area (Å²) in [6.45, 7) is 7.04. The van der Waals surface area contributed by atoms with E-state index < -0.39 is 17.8 Å². The van der Waals surface area contributed by atoms with Crippen LogP contribution in [0.1, 0.15) is 85.7 Å². The molecule has 2 saturated heterocycles. The van der Waals surface area contributed by atoms with E-state index in [4.69, 9.17) is 4.74 Å². The van der Waals surface area contributed by atoms with Crippen LogP contribution in [0.15, 0.2) is 65.5 Å². The number of thiazole rings is 1. The van der Waals surface area contributed by atoms with Crippen molar-refractivity contribution in [2.75, 3.05) is 13.1 Å². The Morgan fingerprint density at radius 1 is 1.02 bits per heavy atom. The number of rotatable bonds is 6. The fraction of sp³-hybridized carbons (Fsp3) is 0.469. The number of aromatic nitrogens is 1. The van der Waals surface area contributed by atoms with Crippen LogP contribution in [0.2, 0.25) is 0 Å². The molecule has 5 rings (SSSR count). The van der Waals surface area contributed by atoms with E-state index in [1.54, 1.807) is 16.2 Å². The van der Waals surface area contributed by atoms with Crippen molar-refractivity contribution < 1.29 is 19.4 Å². The molecule has 2 aromatic carbocycles. The van der Waals surface area contributed by atoms with Crippen LogP contribution in [-0.4, -0.2) is 62.7 Å². The van der Waals surface area contributed by atoms with Gasteiger partial charge in [0.2, 0.25) is 0 Å². The van der Waals surface area contributed by atoms with Gasteiger partial charge in [0.25, 0.3) is 5.91 Å². The van der Waals surface area contributed by atoms with E-state index in [1.807, 2.05) is 85.8 Å². The van der Waals surface area contributed by atoms with E-state index in [0.717, 1.165) is 49.2 Å². The summed E-state index contributed by atoms with van der Waals surface area (Å²) in [7, 11) is 0. The summed E-state index contributed by atoms with van der Waals surface area (Å²) in [5.41, 5.74) is 4.91. The van der Waals surface area contributed by atoms with E-state index in [1.165, 1.54) is 0 Å². The maximum absolute atomic E-state index is 13.4. The average molecular weight is 562 g/mol. The molecule has 0 bridgehead atoms. The Morgan fingerprint density at radius 2 is 1.73 bits per heavy atom. The first-order chi connectivity index (χ1) is 19.2. The summed E-state index contributed by atoms with van der Waals surface area (Å²) < 4.78 is 5.78. The molecule has 3 atom stereocenters. The third-order valence-corrected chi connectivity index (χ3v) is 8.59. The Bertz CT molecular complexity index is 1270. The summed E-state index contributed by atoms with van der Waals surface area (Å²) in [5, 5.41) is 13.3. The van der Waals surface area contributed by atoms with E-state index in [0.29, 0.717) is 24.3 Å². The molecule has 1 aromatic heterocycles. The summed E-state index contributed by atoms with van der Waals surface area (Å²) in [6.07, 6.45) is 2.76. The van der Waals surface area contributed by atoms with Crippen LogP contribution < -0.4 is 0 Å². The molecule has 0 radical (unpaired) electrons. The second-order valence-corrected chi connectivity index (χ2v) is 12.6. The van der Waals surface area contributed by atoms with Crippen LogP contribution in [0.4, 0.5) is 4.79 Å². The van der Waals surface area contributed by atoms with Crippen LogP contribution in [0, 0.1) is 0 Å². The standard InChI is InChI=1S/C32H39N3O4S/c1-32(2,3)39-31(38)35-26(13-14-28(35)29(36)24-7-5-4-6-8-24)19-22-9-11-25(12-10-22)30(37)34-17-15-23(16-18-34)27-20-40-21-33-27/h4-12,20-21,23,26,28-29,36H,13-19H2,1-3H3/t26-,28+,29+/m0/s1. The van der Waals surface area contributed by atoms with Crippen LogP contribution in [0.25, 0.3) is 0 Å². The molecule has 2 aliphatic heterocycles. The zero-order valence-corrected chi connectivity index (χ0v) is 24.3. The van der Waals surface area contributed by atoms with Gasteiger partial charge in [-0.1, -0.05) is 42.5 Å². The largest absolute Gasteiger partial charge is 0.444 e. The molecule has 1 N–H and O–H groups in total. The number of carbonyl (C=O) groups excluding carboxylic acids is 2. The topological polar surface area (TPSA) is 83.0 Å². The number of hydrogen-bond acceptors (Lipinski definition) is 6. The van der Waals surface area contributed by atoms with Crippen molar-refractivity contribution in [1.82, 2.24) is 14.8 Å². The van der Waals surface area contributed by atoms with E-state index >= 15 is 0 Å². The first-order valence-corrected chi connectivity index (χ1v) is 15.1. The molecule has 3 aromatic rings. The Labute approximate surface area is 240 Å². The van der Waals surface area contributed by atoms with Crippen molar-refractivity contribution in [3.63, 3.8) is 0 Å². The fourth-order valence-corrected chi connectivity index (χ4v) is 6.57. The molecule has 212 valence electrons. The molecule has 2 fully saturated rings. The highest BCUT2D eigenvalue weighted by molar-refractivity contribution is 7.07. The first kappa shape index (κ1) is 28.3. The molecule has 3 heterocycles. The highest BCUT2D eigenvalue weighted by Gasteiger charge is 2.43. The van der Waals surface area contributed by atoms with Gasteiger partial charge >= 0.3 is 6.09 Å². The molecule has 2 aliphatic rings. The lowest BCUT2D eigenvalue weighted by molar-refractivity contribution is -0.00453. The van der Waals surface area contributed by atoms with Crippen LogP contribution >= 0.6 is 11.3 Å². The molecule has 2 amide bonds. The minimum atomic E-state index is -0.793. The monoisotopic (exact) mass is 561 g/mol. The fourth-order valence-electron chi connectivity index (χ4n) is 5.93. The van der Waals surface area contributed by atoms with Gasteiger partial charge in [0.1, 0.15) is 5.60 Å². The molecular weight excluding hydrogens is 522 g/mol. The highest BCUT2D eigenvalue weighted by atomic mass is 32.1. The highest BCUT2D eigenvalue weighted by Crippen LogP contribution is 2.36. The van der Waals surface area contributed by atoms with E-state index in [9.17, 15) is 14.7 Å². The molecule has 0 aliphatic carbocycles. The Balaban J connectivity index is 1.25. The number of likely N-dealkylation sites (tertiary alicyclic amines) is 2. The minimum Gasteiger partial charge on any atom is -0.444 e. The SMILES string of the molecule is CC(C)(C)OC(=O)N1[C@H](Cc2ccc(C(=O)N3CCC(c4cscn4)CC3)cc2)CC[C@@H]1[C@H](O)c1ccccc1. The van der Waals surface area contributed by atoms with Crippen molar-refractivity contribution >= 4 is 23.3 Å².